The molecule has 1 aliphatic rings. The zero-order valence-corrected chi connectivity index (χ0v) is 18.3. The molecule has 0 atom stereocenters. The number of imidazole rings is 1. The summed E-state index contributed by atoms with van der Waals surface area (Å²) in [5.41, 5.74) is 3.12. The molecule has 4 rings (SSSR count). The number of benzene rings is 1. The summed E-state index contributed by atoms with van der Waals surface area (Å²) in [7, 11) is 0. The van der Waals surface area contributed by atoms with Gasteiger partial charge in [0.15, 0.2) is 17.0 Å². The number of likely N-dealkylation sites (tertiary alicyclic amines) is 1. The summed E-state index contributed by atoms with van der Waals surface area (Å²) in [5.74, 6) is 1.52. The average molecular weight is 408 g/mol. The second kappa shape index (κ2) is 9.43. The lowest BCUT2D eigenvalue weighted by Gasteiger charge is -2.32. The number of rotatable bonds is 8. The lowest BCUT2D eigenvalue weighted by molar-refractivity contribution is 0.211. The van der Waals surface area contributed by atoms with Crippen molar-refractivity contribution in [2.45, 2.75) is 58.7 Å². The lowest BCUT2D eigenvalue weighted by Crippen LogP contribution is -2.39. The van der Waals surface area contributed by atoms with Crippen molar-refractivity contribution in [1.29, 1.82) is 0 Å². The van der Waals surface area contributed by atoms with Gasteiger partial charge in [-0.15, -0.1) is 0 Å². The maximum absolute atomic E-state index is 4.83. The second-order valence-corrected chi connectivity index (χ2v) is 8.42. The van der Waals surface area contributed by atoms with Gasteiger partial charge in [0.2, 0.25) is 5.95 Å². The highest BCUT2D eigenvalue weighted by atomic mass is 15.2. The summed E-state index contributed by atoms with van der Waals surface area (Å²) in [6.07, 6.45) is 5.09. The van der Waals surface area contributed by atoms with Crippen LogP contribution in [0.15, 0.2) is 36.7 Å². The third-order valence-corrected chi connectivity index (χ3v) is 5.69. The highest BCUT2D eigenvalue weighted by Gasteiger charge is 2.21. The number of nitrogens with one attached hydrogen (secondary N) is 2. The Hall–Kier alpha value is -2.67. The Labute approximate surface area is 178 Å². The van der Waals surface area contributed by atoms with Gasteiger partial charge in [-0.2, -0.15) is 9.97 Å². The van der Waals surface area contributed by atoms with Crippen molar-refractivity contribution in [3.05, 3.63) is 42.2 Å². The van der Waals surface area contributed by atoms with E-state index in [4.69, 9.17) is 9.97 Å². The molecule has 3 heterocycles. The van der Waals surface area contributed by atoms with Gasteiger partial charge in [-0.05, 0) is 38.7 Å². The first-order valence-corrected chi connectivity index (χ1v) is 11.1. The summed E-state index contributed by atoms with van der Waals surface area (Å²) >= 11 is 0. The van der Waals surface area contributed by atoms with Gasteiger partial charge in [-0.1, -0.05) is 37.3 Å². The predicted molar refractivity (Wildman–Crippen MR) is 123 cm³/mol. The number of hydrogen-bond donors (Lipinski definition) is 2. The molecule has 3 aromatic rings. The lowest BCUT2D eigenvalue weighted by atomic mass is 10.0. The van der Waals surface area contributed by atoms with Gasteiger partial charge in [0.05, 0.1) is 6.33 Å². The molecule has 0 aliphatic carbocycles. The highest BCUT2D eigenvalue weighted by molar-refractivity contribution is 5.84. The molecule has 2 N–H and O–H groups in total. The first-order chi connectivity index (χ1) is 14.6. The molecule has 160 valence electrons. The minimum absolute atomic E-state index is 0.304. The number of nitrogens with zero attached hydrogens (tertiary/aromatic N) is 5. The van der Waals surface area contributed by atoms with Gasteiger partial charge in [0, 0.05) is 38.3 Å². The molecule has 1 aromatic carbocycles. The number of piperidine rings is 1. The molecule has 0 radical (unpaired) electrons. The monoisotopic (exact) mass is 407 g/mol. The van der Waals surface area contributed by atoms with Gasteiger partial charge in [0.1, 0.15) is 0 Å². The van der Waals surface area contributed by atoms with Crippen LogP contribution in [0.5, 0.6) is 0 Å². The number of anilines is 2. The first kappa shape index (κ1) is 20.6. The van der Waals surface area contributed by atoms with Crippen molar-refractivity contribution < 1.29 is 0 Å². The fourth-order valence-corrected chi connectivity index (χ4v) is 3.99. The Morgan fingerprint density at radius 1 is 1.10 bits per heavy atom. The number of aromatic nitrogens is 4. The van der Waals surface area contributed by atoms with E-state index in [-0.39, 0.29) is 0 Å². The summed E-state index contributed by atoms with van der Waals surface area (Å²) in [5, 5.41) is 7.03. The fraction of sp³-hybridized carbons (Fsp3) is 0.522. The Balaban J connectivity index is 1.45. The van der Waals surface area contributed by atoms with Crippen LogP contribution in [0.25, 0.3) is 11.2 Å². The zero-order chi connectivity index (χ0) is 20.9. The van der Waals surface area contributed by atoms with Crippen LogP contribution in [-0.2, 0) is 6.54 Å². The van der Waals surface area contributed by atoms with Crippen LogP contribution in [0.4, 0.5) is 11.8 Å². The Bertz CT molecular complexity index is 943. The van der Waals surface area contributed by atoms with Gasteiger partial charge in [0.25, 0.3) is 0 Å². The Morgan fingerprint density at radius 2 is 1.87 bits per heavy atom. The van der Waals surface area contributed by atoms with Crippen molar-refractivity contribution >= 4 is 22.9 Å². The van der Waals surface area contributed by atoms with E-state index in [0.29, 0.717) is 18.0 Å². The van der Waals surface area contributed by atoms with Gasteiger partial charge in [-0.25, -0.2) is 4.98 Å². The second-order valence-electron chi connectivity index (χ2n) is 8.42. The van der Waals surface area contributed by atoms with E-state index >= 15 is 0 Å². The maximum Gasteiger partial charge on any atom is 0.227 e. The van der Waals surface area contributed by atoms with E-state index in [2.05, 4.69) is 76.2 Å². The molecular formula is C23H33N7. The molecule has 0 saturated carbocycles. The molecule has 2 aromatic heterocycles. The molecule has 7 nitrogen and oxygen atoms in total. The number of hydrogen-bond acceptors (Lipinski definition) is 6. The normalized spacial score (nSPS) is 15.7. The highest BCUT2D eigenvalue weighted by Crippen LogP contribution is 2.25. The van der Waals surface area contributed by atoms with Crippen LogP contribution >= 0.6 is 0 Å². The van der Waals surface area contributed by atoms with Crippen LogP contribution in [0, 0.1) is 0 Å². The standard InChI is InChI=1S/C23H33N7/c1-4-12-24-21-20-22(30(16-25-20)17(2)3)28-23(27-21)26-19-10-13-29(14-11-19)15-18-8-6-5-7-9-18/h5-9,16-17,19H,4,10-15H2,1-3H3,(H2,24,26,27,28). The largest absolute Gasteiger partial charge is 0.368 e. The van der Waals surface area contributed by atoms with E-state index in [1.165, 1.54) is 5.56 Å². The quantitative estimate of drug-likeness (QED) is 0.580. The Kier molecular flexibility index (Phi) is 6.47. The van der Waals surface area contributed by atoms with Crippen LogP contribution in [0.1, 0.15) is 51.6 Å². The molecular weight excluding hydrogens is 374 g/mol. The molecule has 1 saturated heterocycles. The van der Waals surface area contributed by atoms with E-state index in [1.807, 2.05) is 6.33 Å². The molecule has 1 fully saturated rings. The molecule has 0 unspecified atom stereocenters. The summed E-state index contributed by atoms with van der Waals surface area (Å²) < 4.78 is 2.11. The van der Waals surface area contributed by atoms with Crippen molar-refractivity contribution in [1.82, 2.24) is 24.4 Å². The summed E-state index contributed by atoms with van der Waals surface area (Å²) in [4.78, 5) is 16.7. The topological polar surface area (TPSA) is 70.9 Å². The van der Waals surface area contributed by atoms with Crippen molar-refractivity contribution in [2.75, 3.05) is 30.3 Å². The van der Waals surface area contributed by atoms with Crippen LogP contribution in [0.3, 0.4) is 0 Å². The molecule has 1 aliphatic heterocycles. The minimum atomic E-state index is 0.304. The molecule has 0 amide bonds. The molecule has 0 bridgehead atoms. The van der Waals surface area contributed by atoms with Crippen LogP contribution < -0.4 is 10.6 Å². The van der Waals surface area contributed by atoms with E-state index < -0.39 is 0 Å². The van der Waals surface area contributed by atoms with Gasteiger partial charge in [-0.3, -0.25) is 4.90 Å². The molecule has 7 heteroatoms. The van der Waals surface area contributed by atoms with E-state index in [1.54, 1.807) is 0 Å². The van der Waals surface area contributed by atoms with Gasteiger partial charge < -0.3 is 15.2 Å². The SMILES string of the molecule is CCCNc1nc(NC2CCN(Cc3ccccc3)CC2)nc2c1ncn2C(C)C. The van der Waals surface area contributed by atoms with E-state index in [9.17, 15) is 0 Å². The smallest absolute Gasteiger partial charge is 0.227 e. The van der Waals surface area contributed by atoms with E-state index in [0.717, 1.165) is 62.4 Å². The summed E-state index contributed by atoms with van der Waals surface area (Å²) in [6, 6.07) is 11.4. The maximum atomic E-state index is 4.83. The zero-order valence-electron chi connectivity index (χ0n) is 18.3. The van der Waals surface area contributed by atoms with Crippen molar-refractivity contribution in [2.24, 2.45) is 0 Å². The van der Waals surface area contributed by atoms with Gasteiger partial charge >= 0.3 is 0 Å². The molecule has 0 spiro atoms. The summed E-state index contributed by atoms with van der Waals surface area (Å²) in [6.45, 7) is 10.5. The number of fused-ring (bicyclic) bond motifs is 1. The third-order valence-electron chi connectivity index (χ3n) is 5.69. The fourth-order valence-electron chi connectivity index (χ4n) is 3.99. The third kappa shape index (κ3) is 4.73. The predicted octanol–water partition coefficient (Wildman–Crippen LogP) is 4.31. The minimum Gasteiger partial charge on any atom is -0.368 e. The Morgan fingerprint density at radius 3 is 2.57 bits per heavy atom. The first-order valence-electron chi connectivity index (χ1n) is 11.1. The van der Waals surface area contributed by atoms with Crippen LogP contribution in [0.2, 0.25) is 0 Å². The average Bonchev–Trinajstić information content (AvgIpc) is 3.19. The van der Waals surface area contributed by atoms with Crippen LogP contribution in [-0.4, -0.2) is 50.1 Å². The van der Waals surface area contributed by atoms with Crippen molar-refractivity contribution in [3.63, 3.8) is 0 Å². The van der Waals surface area contributed by atoms with Crippen molar-refractivity contribution in [3.8, 4) is 0 Å². The molecule has 30 heavy (non-hydrogen) atoms.